The summed E-state index contributed by atoms with van der Waals surface area (Å²) in [6.07, 6.45) is 0. The number of carbonyl (C=O) groups excluding carboxylic acids is 1. The van der Waals surface area contributed by atoms with Crippen molar-refractivity contribution in [2.45, 2.75) is 5.16 Å². The monoisotopic (exact) mass is 319 g/mol. The third-order valence-corrected chi connectivity index (χ3v) is 4.01. The lowest BCUT2D eigenvalue weighted by atomic mass is 10.2. The van der Waals surface area contributed by atoms with Crippen molar-refractivity contribution in [1.29, 1.82) is 0 Å². The molecular weight excluding hydrogens is 306 g/mol. The molecule has 2 aromatic heterocycles. The number of hydrogen-bond acceptors (Lipinski definition) is 6. The molecule has 22 heavy (non-hydrogen) atoms. The van der Waals surface area contributed by atoms with E-state index in [1.54, 1.807) is 13.2 Å². The minimum Gasteiger partial charge on any atom is -0.497 e. The van der Waals surface area contributed by atoms with Gasteiger partial charge in [-0.15, -0.1) is 0 Å². The molecule has 0 unspecified atom stereocenters. The molecule has 3 aromatic rings. The highest BCUT2D eigenvalue weighted by molar-refractivity contribution is 7.99. The van der Waals surface area contributed by atoms with Crippen LogP contribution in [0.15, 0.2) is 28.2 Å². The molecule has 0 aliphatic heterocycles. The number of fused-ring (bicyclic) bond motifs is 3. The van der Waals surface area contributed by atoms with Gasteiger partial charge in [0.05, 0.1) is 12.9 Å². The minimum atomic E-state index is -0.353. The lowest BCUT2D eigenvalue weighted by Gasteiger charge is -2.01. The lowest BCUT2D eigenvalue weighted by molar-refractivity contribution is -0.118. The normalized spacial score (nSPS) is 11.0. The maximum atomic E-state index is 12.1. The highest BCUT2D eigenvalue weighted by Crippen LogP contribution is 2.26. The zero-order valence-corrected chi connectivity index (χ0v) is 12.4. The van der Waals surface area contributed by atoms with Gasteiger partial charge in [-0.3, -0.25) is 20.0 Å². The molecule has 0 aliphatic rings. The number of methoxy groups -OCH3 is 1. The Kier molecular flexibility index (Phi) is 3.73. The van der Waals surface area contributed by atoms with Crippen LogP contribution in [0.1, 0.15) is 0 Å². The Morgan fingerprint density at radius 2 is 2.27 bits per heavy atom. The second kappa shape index (κ2) is 5.70. The Balaban J connectivity index is 2.12. The number of hydrazine groups is 1. The van der Waals surface area contributed by atoms with Gasteiger partial charge in [0.15, 0.2) is 5.16 Å². The van der Waals surface area contributed by atoms with Gasteiger partial charge in [0.2, 0.25) is 5.91 Å². The summed E-state index contributed by atoms with van der Waals surface area (Å²) in [6.45, 7) is 0. The molecule has 0 saturated heterocycles. The molecular formula is C13H13N5O3S. The van der Waals surface area contributed by atoms with Crippen LogP contribution in [0.25, 0.3) is 21.9 Å². The summed E-state index contributed by atoms with van der Waals surface area (Å²) < 4.78 is 5.19. The van der Waals surface area contributed by atoms with Crippen molar-refractivity contribution >= 4 is 39.6 Å². The molecule has 0 bridgehead atoms. The van der Waals surface area contributed by atoms with Crippen molar-refractivity contribution in [1.82, 2.24) is 20.4 Å². The van der Waals surface area contributed by atoms with Crippen LogP contribution in [0.3, 0.4) is 0 Å². The number of aromatic amines is 2. The molecule has 0 fully saturated rings. The number of thioether (sulfide) groups is 1. The molecule has 0 saturated carbocycles. The quantitative estimate of drug-likeness (QED) is 0.182. The number of benzene rings is 1. The Bertz CT molecular complexity index is 917. The molecule has 0 radical (unpaired) electrons. The molecule has 2 heterocycles. The maximum absolute atomic E-state index is 12.1. The van der Waals surface area contributed by atoms with Crippen molar-refractivity contribution in [2.75, 3.05) is 12.9 Å². The van der Waals surface area contributed by atoms with Gasteiger partial charge >= 0.3 is 0 Å². The van der Waals surface area contributed by atoms with Crippen LogP contribution in [0, 0.1) is 0 Å². The Morgan fingerprint density at radius 3 is 3.00 bits per heavy atom. The van der Waals surface area contributed by atoms with Crippen LogP contribution in [-0.2, 0) is 4.79 Å². The zero-order valence-electron chi connectivity index (χ0n) is 11.6. The summed E-state index contributed by atoms with van der Waals surface area (Å²) in [5.74, 6) is 5.41. The van der Waals surface area contributed by atoms with Crippen LogP contribution in [0.2, 0.25) is 0 Å². The highest BCUT2D eigenvalue weighted by atomic mass is 32.2. The summed E-state index contributed by atoms with van der Waals surface area (Å²) in [5.41, 5.74) is 3.44. The number of ether oxygens (including phenoxy) is 1. The average molecular weight is 319 g/mol. The summed E-state index contributed by atoms with van der Waals surface area (Å²) in [6, 6.07) is 5.43. The molecule has 1 amide bonds. The van der Waals surface area contributed by atoms with Crippen LogP contribution < -0.4 is 21.6 Å². The average Bonchev–Trinajstić information content (AvgIpc) is 2.91. The van der Waals surface area contributed by atoms with Gasteiger partial charge in [-0.2, -0.15) is 0 Å². The van der Waals surface area contributed by atoms with E-state index < -0.39 is 0 Å². The van der Waals surface area contributed by atoms with Crippen molar-refractivity contribution < 1.29 is 9.53 Å². The third-order valence-electron chi connectivity index (χ3n) is 3.14. The fourth-order valence-corrected chi connectivity index (χ4v) is 2.77. The molecule has 1 aromatic carbocycles. The SMILES string of the molecule is COc1ccc2[nH]c3c(=O)[nH]c(SCC(=O)NN)nc3c2c1. The number of rotatable bonds is 4. The smallest absolute Gasteiger partial charge is 0.275 e. The second-order valence-electron chi connectivity index (χ2n) is 4.49. The summed E-state index contributed by atoms with van der Waals surface area (Å²) >= 11 is 1.10. The molecule has 114 valence electrons. The number of nitrogens with zero attached hydrogens (tertiary/aromatic N) is 1. The molecule has 0 aliphatic carbocycles. The van der Waals surface area contributed by atoms with Crippen LogP contribution in [-0.4, -0.2) is 33.7 Å². The number of carbonyl (C=O) groups is 1. The van der Waals surface area contributed by atoms with E-state index in [1.807, 2.05) is 17.6 Å². The van der Waals surface area contributed by atoms with Crippen molar-refractivity contribution in [3.63, 3.8) is 0 Å². The van der Waals surface area contributed by atoms with Crippen molar-refractivity contribution in [3.8, 4) is 5.75 Å². The van der Waals surface area contributed by atoms with Gasteiger partial charge in [-0.1, -0.05) is 11.8 Å². The predicted molar refractivity (Wildman–Crippen MR) is 83.8 cm³/mol. The second-order valence-corrected chi connectivity index (χ2v) is 5.45. The fourth-order valence-electron chi connectivity index (χ4n) is 2.10. The van der Waals surface area contributed by atoms with Gasteiger partial charge < -0.3 is 9.72 Å². The predicted octanol–water partition coefficient (Wildman–Crippen LogP) is 0.495. The first-order valence-corrected chi connectivity index (χ1v) is 7.33. The van der Waals surface area contributed by atoms with E-state index in [0.29, 0.717) is 21.9 Å². The highest BCUT2D eigenvalue weighted by Gasteiger charge is 2.12. The van der Waals surface area contributed by atoms with Crippen molar-refractivity contribution in [2.24, 2.45) is 5.84 Å². The Labute approximate surface area is 128 Å². The largest absolute Gasteiger partial charge is 0.497 e. The first-order valence-electron chi connectivity index (χ1n) is 6.34. The molecule has 9 heteroatoms. The molecule has 0 atom stereocenters. The molecule has 0 spiro atoms. The topological polar surface area (TPSA) is 126 Å². The van der Waals surface area contributed by atoms with E-state index in [9.17, 15) is 9.59 Å². The zero-order chi connectivity index (χ0) is 15.7. The number of H-pyrrole nitrogens is 2. The number of nitrogens with two attached hydrogens (primary N) is 1. The van der Waals surface area contributed by atoms with E-state index in [0.717, 1.165) is 22.7 Å². The summed E-state index contributed by atoms with van der Waals surface area (Å²) in [4.78, 5) is 33.4. The van der Waals surface area contributed by atoms with E-state index in [-0.39, 0.29) is 17.2 Å². The lowest BCUT2D eigenvalue weighted by Crippen LogP contribution is -2.31. The Morgan fingerprint density at radius 1 is 1.45 bits per heavy atom. The number of nitrogens with one attached hydrogen (secondary N) is 3. The summed E-state index contributed by atoms with van der Waals surface area (Å²) in [5, 5.41) is 1.13. The van der Waals surface area contributed by atoms with Gasteiger partial charge in [0, 0.05) is 10.9 Å². The molecule has 8 nitrogen and oxygen atoms in total. The van der Waals surface area contributed by atoms with Gasteiger partial charge in [0.1, 0.15) is 16.8 Å². The van der Waals surface area contributed by atoms with Crippen molar-refractivity contribution in [3.05, 3.63) is 28.6 Å². The standard InChI is InChI=1S/C13H13N5O3S/c1-21-6-2-3-8-7(4-6)10-11(15-8)12(20)17-13(16-10)22-5-9(19)18-14/h2-4,15H,5,14H2,1H3,(H,18,19)(H,16,17,20). The van der Waals surface area contributed by atoms with Gasteiger partial charge in [0.25, 0.3) is 5.56 Å². The van der Waals surface area contributed by atoms with Crippen LogP contribution >= 0.6 is 11.8 Å². The van der Waals surface area contributed by atoms with E-state index in [2.05, 4.69) is 15.0 Å². The number of aromatic nitrogens is 3. The van der Waals surface area contributed by atoms with Crippen LogP contribution in [0.5, 0.6) is 5.75 Å². The molecule has 3 rings (SSSR count). The summed E-state index contributed by atoms with van der Waals surface area (Å²) in [7, 11) is 1.57. The number of hydrogen-bond donors (Lipinski definition) is 4. The first kappa shape index (κ1) is 14.4. The van der Waals surface area contributed by atoms with Gasteiger partial charge in [-0.05, 0) is 18.2 Å². The van der Waals surface area contributed by atoms with Gasteiger partial charge in [-0.25, -0.2) is 10.8 Å². The third kappa shape index (κ3) is 2.51. The number of amides is 1. The maximum Gasteiger partial charge on any atom is 0.275 e. The first-order chi connectivity index (χ1) is 10.6. The van der Waals surface area contributed by atoms with E-state index >= 15 is 0 Å². The van der Waals surface area contributed by atoms with E-state index in [1.165, 1.54) is 0 Å². The minimum absolute atomic E-state index is 0.0661. The fraction of sp³-hybridized carbons (Fsp3) is 0.154. The van der Waals surface area contributed by atoms with Crippen LogP contribution in [0.4, 0.5) is 0 Å². The molecule has 5 N–H and O–H groups in total. The Hall–Kier alpha value is -2.52. The van der Waals surface area contributed by atoms with E-state index in [4.69, 9.17) is 10.6 Å².